The van der Waals surface area contributed by atoms with Crippen LogP contribution in [0.5, 0.6) is 0 Å². The molecule has 2 aromatic carbocycles. The predicted molar refractivity (Wildman–Crippen MR) is 108 cm³/mol. The summed E-state index contributed by atoms with van der Waals surface area (Å²) < 4.78 is 5.51. The zero-order chi connectivity index (χ0) is 19.1. The summed E-state index contributed by atoms with van der Waals surface area (Å²) in [5.41, 5.74) is 3.09. The Morgan fingerprint density at radius 2 is 1.70 bits per heavy atom. The number of nitrogens with one attached hydrogen (secondary N) is 1. The predicted octanol–water partition coefficient (Wildman–Crippen LogP) is 4.10. The SMILES string of the molecule is CN(C)C(CNC(=O)c1ccccc1CCc1ccccc1)c1ccco1. The van der Waals surface area contributed by atoms with Crippen LogP contribution in [0.15, 0.2) is 77.4 Å². The van der Waals surface area contributed by atoms with Crippen molar-refractivity contribution in [3.8, 4) is 0 Å². The molecule has 0 fully saturated rings. The Kier molecular flexibility index (Phi) is 6.44. The van der Waals surface area contributed by atoms with E-state index in [2.05, 4.69) is 17.4 Å². The number of likely N-dealkylation sites (N-methyl/N-ethyl adjacent to an activating group) is 1. The van der Waals surface area contributed by atoms with Crippen LogP contribution in [-0.4, -0.2) is 31.4 Å². The summed E-state index contributed by atoms with van der Waals surface area (Å²) in [6.45, 7) is 0.492. The van der Waals surface area contributed by atoms with Crippen molar-refractivity contribution in [2.45, 2.75) is 18.9 Å². The number of carbonyl (C=O) groups excluding carboxylic acids is 1. The minimum atomic E-state index is -0.0444. The number of carbonyl (C=O) groups is 1. The number of amides is 1. The Hall–Kier alpha value is -2.85. The van der Waals surface area contributed by atoms with Gasteiger partial charge in [-0.25, -0.2) is 0 Å². The fraction of sp³-hybridized carbons (Fsp3) is 0.261. The van der Waals surface area contributed by atoms with E-state index in [1.807, 2.05) is 73.6 Å². The molecular weight excluding hydrogens is 336 g/mol. The van der Waals surface area contributed by atoms with Crippen molar-refractivity contribution >= 4 is 5.91 Å². The van der Waals surface area contributed by atoms with Gasteiger partial charge in [-0.2, -0.15) is 0 Å². The molecule has 0 aliphatic rings. The quantitative estimate of drug-likeness (QED) is 0.656. The third-order valence-corrected chi connectivity index (χ3v) is 4.74. The number of furan rings is 1. The largest absolute Gasteiger partial charge is 0.468 e. The van der Waals surface area contributed by atoms with Crippen molar-refractivity contribution in [3.63, 3.8) is 0 Å². The van der Waals surface area contributed by atoms with Crippen molar-refractivity contribution in [1.29, 1.82) is 0 Å². The standard InChI is InChI=1S/C23H26N2O2/c1-25(2)21(22-13-8-16-27-22)17-24-23(26)20-12-7-6-11-19(20)15-14-18-9-4-3-5-10-18/h3-13,16,21H,14-15,17H2,1-2H3,(H,24,26). The van der Waals surface area contributed by atoms with Gasteiger partial charge in [0, 0.05) is 12.1 Å². The minimum absolute atomic E-state index is 0.000399. The summed E-state index contributed by atoms with van der Waals surface area (Å²) in [4.78, 5) is 14.9. The number of rotatable bonds is 8. The van der Waals surface area contributed by atoms with Crippen molar-refractivity contribution in [2.24, 2.45) is 0 Å². The Morgan fingerprint density at radius 3 is 2.41 bits per heavy atom. The lowest BCUT2D eigenvalue weighted by molar-refractivity contribution is 0.0938. The summed E-state index contributed by atoms with van der Waals surface area (Å²) in [6.07, 6.45) is 3.41. The average molecular weight is 362 g/mol. The lowest BCUT2D eigenvalue weighted by atomic mass is 9.99. The number of aryl methyl sites for hydroxylation is 2. The molecule has 1 N–H and O–H groups in total. The van der Waals surface area contributed by atoms with E-state index in [0.717, 1.165) is 29.7 Å². The van der Waals surface area contributed by atoms with E-state index in [1.54, 1.807) is 6.26 Å². The maximum absolute atomic E-state index is 12.8. The molecule has 3 aromatic rings. The first-order valence-electron chi connectivity index (χ1n) is 9.25. The van der Waals surface area contributed by atoms with E-state index in [4.69, 9.17) is 4.42 Å². The Balaban J connectivity index is 1.66. The van der Waals surface area contributed by atoms with Crippen LogP contribution < -0.4 is 5.32 Å². The van der Waals surface area contributed by atoms with Gasteiger partial charge >= 0.3 is 0 Å². The molecule has 1 atom stereocenters. The van der Waals surface area contributed by atoms with Crippen LogP contribution in [0.3, 0.4) is 0 Å². The van der Waals surface area contributed by atoms with Crippen LogP contribution in [0.2, 0.25) is 0 Å². The van der Waals surface area contributed by atoms with Gasteiger partial charge in [-0.3, -0.25) is 9.69 Å². The lowest BCUT2D eigenvalue weighted by Crippen LogP contribution is -2.34. The highest BCUT2D eigenvalue weighted by atomic mass is 16.3. The molecule has 140 valence electrons. The van der Waals surface area contributed by atoms with E-state index in [9.17, 15) is 4.79 Å². The Morgan fingerprint density at radius 1 is 0.963 bits per heavy atom. The highest BCUT2D eigenvalue weighted by Crippen LogP contribution is 2.18. The van der Waals surface area contributed by atoms with E-state index in [-0.39, 0.29) is 11.9 Å². The molecule has 1 amide bonds. The lowest BCUT2D eigenvalue weighted by Gasteiger charge is -2.23. The van der Waals surface area contributed by atoms with Gasteiger partial charge in [0.1, 0.15) is 5.76 Å². The van der Waals surface area contributed by atoms with E-state index in [0.29, 0.717) is 6.54 Å². The summed E-state index contributed by atoms with van der Waals surface area (Å²) in [5.74, 6) is 0.801. The molecule has 0 aliphatic carbocycles. The second kappa shape index (κ2) is 9.19. The molecule has 0 bridgehead atoms. The molecule has 4 nitrogen and oxygen atoms in total. The minimum Gasteiger partial charge on any atom is -0.468 e. The maximum atomic E-state index is 12.8. The van der Waals surface area contributed by atoms with Crippen LogP contribution >= 0.6 is 0 Å². The number of hydrogen-bond acceptors (Lipinski definition) is 3. The summed E-state index contributed by atoms with van der Waals surface area (Å²) in [6, 6.07) is 22.0. The van der Waals surface area contributed by atoms with Gasteiger partial charge in [0.25, 0.3) is 5.91 Å². The van der Waals surface area contributed by atoms with Crippen LogP contribution in [0.25, 0.3) is 0 Å². The highest BCUT2D eigenvalue weighted by Gasteiger charge is 2.19. The fourth-order valence-corrected chi connectivity index (χ4v) is 3.19. The molecule has 0 saturated carbocycles. The first kappa shape index (κ1) is 18.9. The van der Waals surface area contributed by atoms with Gasteiger partial charge in [0.2, 0.25) is 0 Å². The third kappa shape index (κ3) is 5.08. The molecule has 3 rings (SSSR count). The third-order valence-electron chi connectivity index (χ3n) is 4.74. The van der Waals surface area contributed by atoms with Gasteiger partial charge in [-0.1, -0.05) is 48.5 Å². The second-order valence-electron chi connectivity index (χ2n) is 6.85. The molecule has 1 aromatic heterocycles. The molecule has 4 heteroatoms. The van der Waals surface area contributed by atoms with Crippen LogP contribution in [0.1, 0.15) is 33.3 Å². The monoisotopic (exact) mass is 362 g/mol. The van der Waals surface area contributed by atoms with Crippen LogP contribution in [0.4, 0.5) is 0 Å². The van der Waals surface area contributed by atoms with Gasteiger partial charge in [0.15, 0.2) is 0 Å². The topological polar surface area (TPSA) is 45.5 Å². The molecule has 0 radical (unpaired) electrons. The molecular formula is C23H26N2O2. The van der Waals surface area contributed by atoms with E-state index < -0.39 is 0 Å². The molecule has 0 spiro atoms. The number of benzene rings is 2. The highest BCUT2D eigenvalue weighted by molar-refractivity contribution is 5.95. The van der Waals surface area contributed by atoms with Gasteiger partial charge < -0.3 is 9.73 Å². The van der Waals surface area contributed by atoms with Gasteiger partial charge in [0.05, 0.1) is 12.3 Å². The van der Waals surface area contributed by atoms with Crippen molar-refractivity contribution in [1.82, 2.24) is 10.2 Å². The maximum Gasteiger partial charge on any atom is 0.251 e. The molecule has 0 aliphatic heterocycles. The van der Waals surface area contributed by atoms with Crippen LogP contribution in [-0.2, 0) is 12.8 Å². The van der Waals surface area contributed by atoms with Crippen molar-refractivity contribution in [2.75, 3.05) is 20.6 Å². The molecule has 1 unspecified atom stereocenters. The molecule has 0 saturated heterocycles. The number of nitrogens with zero attached hydrogens (tertiary/aromatic N) is 1. The van der Waals surface area contributed by atoms with Gasteiger partial charge in [-0.15, -0.1) is 0 Å². The normalized spacial score (nSPS) is 12.1. The first-order chi connectivity index (χ1) is 13.1. The summed E-state index contributed by atoms with van der Waals surface area (Å²) >= 11 is 0. The Labute approximate surface area is 160 Å². The van der Waals surface area contributed by atoms with E-state index >= 15 is 0 Å². The second-order valence-corrected chi connectivity index (χ2v) is 6.85. The van der Waals surface area contributed by atoms with Crippen molar-refractivity contribution in [3.05, 3.63) is 95.4 Å². The molecule has 27 heavy (non-hydrogen) atoms. The Bertz CT molecular complexity index is 842. The van der Waals surface area contributed by atoms with Crippen molar-refractivity contribution < 1.29 is 9.21 Å². The van der Waals surface area contributed by atoms with E-state index in [1.165, 1.54) is 5.56 Å². The first-order valence-corrected chi connectivity index (χ1v) is 9.25. The summed E-state index contributed by atoms with van der Waals surface area (Å²) in [7, 11) is 3.96. The van der Waals surface area contributed by atoms with Gasteiger partial charge in [-0.05, 0) is 56.3 Å². The summed E-state index contributed by atoms with van der Waals surface area (Å²) in [5, 5.41) is 3.07. The average Bonchev–Trinajstić information content (AvgIpc) is 3.21. The number of hydrogen-bond donors (Lipinski definition) is 1. The smallest absolute Gasteiger partial charge is 0.251 e. The zero-order valence-corrected chi connectivity index (χ0v) is 15.9. The van der Waals surface area contributed by atoms with Crippen LogP contribution in [0, 0.1) is 0 Å². The molecule has 1 heterocycles. The fourth-order valence-electron chi connectivity index (χ4n) is 3.19. The zero-order valence-electron chi connectivity index (χ0n) is 15.9.